The van der Waals surface area contributed by atoms with Gasteiger partial charge in [-0.05, 0) is 76.2 Å². The lowest BCUT2D eigenvalue weighted by molar-refractivity contribution is 0.0303. The van der Waals surface area contributed by atoms with Crippen molar-refractivity contribution in [2.24, 2.45) is 5.73 Å². The Morgan fingerprint density at radius 2 is 1.82 bits per heavy atom. The van der Waals surface area contributed by atoms with Gasteiger partial charge < -0.3 is 15.4 Å². The van der Waals surface area contributed by atoms with E-state index in [1.165, 1.54) is 0 Å². The van der Waals surface area contributed by atoms with Crippen LogP contribution in [0.3, 0.4) is 0 Å². The number of fused-ring (bicyclic) bond motifs is 4. The van der Waals surface area contributed by atoms with E-state index < -0.39 is 5.91 Å². The molecule has 0 unspecified atom stereocenters. The van der Waals surface area contributed by atoms with Gasteiger partial charge in [-0.2, -0.15) is 0 Å². The molecule has 2 aliphatic rings. The van der Waals surface area contributed by atoms with E-state index >= 15 is 0 Å². The summed E-state index contributed by atoms with van der Waals surface area (Å²) in [6.07, 6.45) is 0.582. The number of carbonyl (C=O) groups excluding carboxylic acids is 2. The lowest BCUT2D eigenvalue weighted by Gasteiger charge is -2.27. The van der Waals surface area contributed by atoms with E-state index in [0.717, 1.165) is 43.6 Å². The summed E-state index contributed by atoms with van der Waals surface area (Å²) < 4.78 is 6.49. The zero-order valence-corrected chi connectivity index (χ0v) is 18.7. The maximum absolute atomic E-state index is 13.0. The maximum Gasteiger partial charge on any atom is 0.254 e. The number of benzene rings is 3. The van der Waals surface area contributed by atoms with E-state index in [1.807, 2.05) is 46.8 Å². The normalized spacial score (nSPS) is 14.8. The van der Waals surface area contributed by atoms with E-state index in [2.05, 4.69) is 17.1 Å². The molecule has 2 N–H and O–H groups in total. The highest BCUT2D eigenvalue weighted by Gasteiger charge is 2.27. The second-order valence-corrected chi connectivity index (χ2v) is 9.29. The summed E-state index contributed by atoms with van der Waals surface area (Å²) in [7, 11) is 0. The molecule has 0 atom stereocenters. The summed E-state index contributed by atoms with van der Waals surface area (Å²) in [4.78, 5) is 31.6. The van der Waals surface area contributed by atoms with Crippen molar-refractivity contribution in [1.29, 1.82) is 0 Å². The molecule has 1 saturated heterocycles. The van der Waals surface area contributed by atoms with Gasteiger partial charge in [0.05, 0.1) is 28.9 Å². The highest BCUT2D eigenvalue weighted by molar-refractivity contribution is 7.16. The lowest BCUT2D eigenvalue weighted by Crippen LogP contribution is -2.40. The number of amides is 2. The first kappa shape index (κ1) is 20.1. The zero-order chi connectivity index (χ0) is 22.5. The molecule has 0 bridgehead atoms. The Morgan fingerprint density at radius 3 is 2.64 bits per heavy atom. The second kappa shape index (κ2) is 7.79. The molecule has 2 amide bonds. The highest BCUT2D eigenvalue weighted by Crippen LogP contribution is 2.42. The minimum absolute atomic E-state index is 0.0180. The molecule has 1 aliphatic carbocycles. The van der Waals surface area contributed by atoms with Crippen LogP contribution in [0.5, 0.6) is 0 Å². The monoisotopic (exact) mass is 455 g/mol. The van der Waals surface area contributed by atoms with Crippen molar-refractivity contribution >= 4 is 33.4 Å². The first-order valence-corrected chi connectivity index (χ1v) is 11.8. The third-order valence-corrected chi connectivity index (χ3v) is 7.30. The van der Waals surface area contributed by atoms with Gasteiger partial charge in [-0.25, -0.2) is 4.98 Å². The number of hydrogen-bond acceptors (Lipinski definition) is 5. The molecule has 7 heteroatoms. The summed E-state index contributed by atoms with van der Waals surface area (Å²) in [5, 5.41) is 0. The molecule has 1 aliphatic heterocycles. The lowest BCUT2D eigenvalue weighted by atomic mass is 9.94. The molecule has 2 heterocycles. The summed E-state index contributed by atoms with van der Waals surface area (Å²) in [5.74, 6) is -0.426. The number of hydrogen-bond donors (Lipinski definition) is 1. The first-order chi connectivity index (χ1) is 16.1. The maximum atomic E-state index is 13.0. The number of nitrogens with zero attached hydrogens (tertiary/aromatic N) is 2. The van der Waals surface area contributed by atoms with Crippen LogP contribution in [0.15, 0.2) is 54.0 Å². The third kappa shape index (κ3) is 3.41. The van der Waals surface area contributed by atoms with E-state index in [-0.39, 0.29) is 5.91 Å². The van der Waals surface area contributed by atoms with Crippen molar-refractivity contribution in [3.05, 3.63) is 76.3 Å². The van der Waals surface area contributed by atoms with Crippen LogP contribution >= 0.6 is 11.3 Å². The molecular weight excluding hydrogens is 434 g/mol. The largest absolute Gasteiger partial charge is 0.378 e. The Hall–Kier alpha value is -3.55. The van der Waals surface area contributed by atoms with Crippen LogP contribution in [0, 0.1) is 0 Å². The summed E-state index contributed by atoms with van der Waals surface area (Å²) in [6.45, 7) is 2.35. The molecule has 1 fully saturated rings. The quantitative estimate of drug-likeness (QED) is 0.444. The Kier molecular flexibility index (Phi) is 4.74. The number of ether oxygens (including phenoxy) is 1. The fourth-order valence-corrected chi connectivity index (χ4v) is 5.46. The van der Waals surface area contributed by atoms with Crippen LogP contribution in [0.2, 0.25) is 0 Å². The fourth-order valence-electron chi connectivity index (χ4n) is 4.80. The van der Waals surface area contributed by atoms with Gasteiger partial charge in [-0.15, -0.1) is 11.3 Å². The Balaban J connectivity index is 1.42. The molecule has 3 aromatic carbocycles. The van der Waals surface area contributed by atoms with E-state index in [1.54, 1.807) is 11.3 Å². The van der Waals surface area contributed by atoms with Crippen molar-refractivity contribution in [1.82, 2.24) is 9.88 Å². The molecule has 4 aromatic rings. The van der Waals surface area contributed by atoms with Crippen LogP contribution in [-0.4, -0.2) is 48.0 Å². The van der Waals surface area contributed by atoms with Gasteiger partial charge in [-0.1, -0.05) is 12.1 Å². The van der Waals surface area contributed by atoms with Crippen molar-refractivity contribution in [3.63, 3.8) is 0 Å². The number of carbonyl (C=O) groups is 2. The fraction of sp³-hybridized carbons (Fsp3) is 0.192. The number of nitrogens with two attached hydrogens (primary N) is 1. The zero-order valence-electron chi connectivity index (χ0n) is 17.8. The standard InChI is InChI=1S/C26H21N3O3S/c27-25(30)22-11-17(15-2-4-24-23(13-15)28-14-33-24)10-20-19-3-1-16(9-18(19)12-21(20)22)26(31)29-5-7-32-8-6-29/h1-4,9-11,13-14H,5-8,12H2,(H2,27,30). The molecule has 0 saturated carbocycles. The topological polar surface area (TPSA) is 85.5 Å². The van der Waals surface area contributed by atoms with Crippen LogP contribution in [0.25, 0.3) is 32.5 Å². The molecule has 0 spiro atoms. The average Bonchev–Trinajstić information content (AvgIpc) is 3.46. The van der Waals surface area contributed by atoms with Crippen LogP contribution in [-0.2, 0) is 11.2 Å². The van der Waals surface area contributed by atoms with Gasteiger partial charge >= 0.3 is 0 Å². The van der Waals surface area contributed by atoms with Crippen LogP contribution in [0.4, 0.5) is 0 Å². The Labute approximate surface area is 194 Å². The Morgan fingerprint density at radius 1 is 0.970 bits per heavy atom. The van der Waals surface area contributed by atoms with Crippen molar-refractivity contribution in [3.8, 4) is 22.3 Å². The molecule has 6 nitrogen and oxygen atoms in total. The van der Waals surface area contributed by atoms with Gasteiger partial charge in [0.2, 0.25) is 5.91 Å². The molecule has 0 radical (unpaired) electrons. The summed E-state index contributed by atoms with van der Waals surface area (Å²) >= 11 is 1.60. The van der Waals surface area contributed by atoms with E-state index in [4.69, 9.17) is 10.5 Å². The highest BCUT2D eigenvalue weighted by atomic mass is 32.1. The van der Waals surface area contributed by atoms with Crippen molar-refractivity contribution in [2.45, 2.75) is 6.42 Å². The van der Waals surface area contributed by atoms with Crippen LogP contribution in [0.1, 0.15) is 31.8 Å². The number of aromatic nitrogens is 1. The Bertz CT molecular complexity index is 1440. The molecule has 6 rings (SSSR count). The van der Waals surface area contributed by atoms with Crippen molar-refractivity contribution < 1.29 is 14.3 Å². The third-order valence-electron chi connectivity index (χ3n) is 6.49. The average molecular weight is 456 g/mol. The molecule has 1 aromatic heterocycles. The van der Waals surface area contributed by atoms with Gasteiger partial charge in [-0.3, -0.25) is 9.59 Å². The van der Waals surface area contributed by atoms with Crippen LogP contribution < -0.4 is 5.73 Å². The smallest absolute Gasteiger partial charge is 0.254 e. The second-order valence-electron chi connectivity index (χ2n) is 8.40. The number of primary amides is 1. The number of thiazole rings is 1. The molecule has 33 heavy (non-hydrogen) atoms. The molecule has 164 valence electrons. The summed E-state index contributed by atoms with van der Waals surface area (Å²) in [6, 6.07) is 16.0. The van der Waals surface area contributed by atoms with Gasteiger partial charge in [0.25, 0.3) is 5.91 Å². The van der Waals surface area contributed by atoms with Gasteiger partial charge in [0, 0.05) is 24.2 Å². The van der Waals surface area contributed by atoms with E-state index in [0.29, 0.717) is 43.9 Å². The number of morpholine rings is 1. The van der Waals surface area contributed by atoms with Gasteiger partial charge in [0.1, 0.15) is 0 Å². The molecular formula is C26H21N3O3S. The predicted molar refractivity (Wildman–Crippen MR) is 129 cm³/mol. The predicted octanol–water partition coefficient (Wildman–Crippen LogP) is 4.11. The number of rotatable bonds is 3. The SMILES string of the molecule is NC(=O)c1cc(-c2ccc3scnc3c2)cc2c1Cc1cc(C(=O)N3CCOCC3)ccc1-2. The first-order valence-electron chi connectivity index (χ1n) is 10.9. The van der Waals surface area contributed by atoms with E-state index in [9.17, 15) is 9.59 Å². The van der Waals surface area contributed by atoms with Crippen molar-refractivity contribution in [2.75, 3.05) is 26.3 Å². The summed E-state index contributed by atoms with van der Waals surface area (Å²) in [5.41, 5.74) is 15.7. The van der Waals surface area contributed by atoms with Gasteiger partial charge in [0.15, 0.2) is 0 Å². The minimum atomic E-state index is -0.444. The minimum Gasteiger partial charge on any atom is -0.378 e.